The molecule has 2 aromatic rings. The smallest absolute Gasteiger partial charge is 0.258 e. The molecule has 0 fully saturated rings. The zero-order valence-corrected chi connectivity index (χ0v) is 8.95. The highest BCUT2D eigenvalue weighted by atomic mass is 16.5. The van der Waals surface area contributed by atoms with Crippen molar-refractivity contribution in [1.82, 2.24) is 0 Å². The maximum atomic E-state index is 11.8. The fourth-order valence-corrected chi connectivity index (χ4v) is 1.44. The van der Waals surface area contributed by atoms with E-state index in [-0.39, 0.29) is 17.2 Å². The first kappa shape index (κ1) is 11.0. The van der Waals surface area contributed by atoms with Gasteiger partial charge in [-0.2, -0.15) is 4.74 Å². The van der Waals surface area contributed by atoms with Crippen LogP contribution in [0, 0.1) is 5.21 Å². The van der Waals surface area contributed by atoms with Crippen LogP contribution in [0.15, 0.2) is 48.5 Å². The van der Waals surface area contributed by atoms with E-state index in [9.17, 15) is 10.3 Å². The van der Waals surface area contributed by atoms with Gasteiger partial charge in [0, 0.05) is 17.7 Å². The van der Waals surface area contributed by atoms with Crippen molar-refractivity contribution in [3.8, 4) is 11.5 Å². The second-order valence-corrected chi connectivity index (χ2v) is 3.54. The van der Waals surface area contributed by atoms with Crippen molar-refractivity contribution in [3.05, 3.63) is 59.3 Å². The molecular weight excluding hydrogens is 218 g/mol. The van der Waals surface area contributed by atoms with Crippen LogP contribution in [-0.2, 0) is 0 Å². The largest absolute Gasteiger partial charge is 0.618 e. The molecule has 2 N–H and O–H groups in total. The topological polar surface area (TPSA) is 66.5 Å². The molecule has 2 aromatic carbocycles. The molecule has 0 atom stereocenters. The van der Waals surface area contributed by atoms with Gasteiger partial charge in [-0.15, -0.1) is 0 Å². The van der Waals surface area contributed by atoms with Crippen molar-refractivity contribution in [1.29, 1.82) is 0 Å². The van der Waals surface area contributed by atoms with Gasteiger partial charge in [0.1, 0.15) is 5.75 Å². The Kier molecular flexibility index (Phi) is 2.96. The minimum Gasteiger partial charge on any atom is -0.618 e. The fourth-order valence-electron chi connectivity index (χ4n) is 1.44. The number of rotatable bonds is 2. The van der Waals surface area contributed by atoms with E-state index in [0.29, 0.717) is 4.74 Å². The summed E-state index contributed by atoms with van der Waals surface area (Å²) in [6.45, 7) is 0. The van der Waals surface area contributed by atoms with Gasteiger partial charge in [-0.1, -0.05) is 18.2 Å². The van der Waals surface area contributed by atoms with E-state index in [1.165, 1.54) is 18.3 Å². The van der Waals surface area contributed by atoms with Gasteiger partial charge in [-0.05, 0) is 18.2 Å². The number of phenols is 2. The Balaban J connectivity index is 2.37. The molecule has 0 aliphatic carbocycles. The summed E-state index contributed by atoms with van der Waals surface area (Å²) in [5.41, 5.74) is 0.821. The SMILES string of the molecule is [O-][N+](=Cc1ccccc1)c1ccc(O)cc1O. The Labute approximate surface area is 98.3 Å². The summed E-state index contributed by atoms with van der Waals surface area (Å²) in [5, 5.41) is 30.4. The van der Waals surface area contributed by atoms with Crippen LogP contribution in [-0.4, -0.2) is 21.2 Å². The molecule has 0 aliphatic rings. The maximum Gasteiger partial charge on any atom is 0.258 e. The summed E-state index contributed by atoms with van der Waals surface area (Å²) in [6.07, 6.45) is 1.35. The minimum absolute atomic E-state index is 0.0839. The first-order valence-corrected chi connectivity index (χ1v) is 5.05. The number of hydrogen-bond acceptors (Lipinski definition) is 3. The van der Waals surface area contributed by atoms with Gasteiger partial charge in [0.25, 0.3) is 5.69 Å². The highest BCUT2D eigenvalue weighted by molar-refractivity contribution is 5.76. The van der Waals surface area contributed by atoms with Crippen LogP contribution in [0.3, 0.4) is 0 Å². The second-order valence-electron chi connectivity index (χ2n) is 3.54. The predicted molar refractivity (Wildman–Crippen MR) is 64.7 cm³/mol. The summed E-state index contributed by atoms with van der Waals surface area (Å²) in [7, 11) is 0. The van der Waals surface area contributed by atoms with Crippen LogP contribution >= 0.6 is 0 Å². The molecule has 0 amide bonds. The molecule has 0 bridgehead atoms. The van der Waals surface area contributed by atoms with Crippen LogP contribution < -0.4 is 0 Å². The van der Waals surface area contributed by atoms with Gasteiger partial charge in [0.05, 0.1) is 0 Å². The predicted octanol–water partition coefficient (Wildman–Crippen LogP) is 2.36. The minimum atomic E-state index is -0.257. The summed E-state index contributed by atoms with van der Waals surface area (Å²) in [4.78, 5) is 0. The summed E-state index contributed by atoms with van der Waals surface area (Å²) < 4.78 is 0.560. The molecule has 0 saturated carbocycles. The molecule has 0 spiro atoms. The zero-order chi connectivity index (χ0) is 12.3. The van der Waals surface area contributed by atoms with E-state index in [1.807, 2.05) is 18.2 Å². The average Bonchev–Trinajstić information content (AvgIpc) is 2.30. The molecule has 0 saturated heterocycles. The quantitative estimate of drug-likeness (QED) is 0.359. The van der Waals surface area contributed by atoms with Crippen molar-refractivity contribution in [2.75, 3.05) is 0 Å². The lowest BCUT2D eigenvalue weighted by molar-refractivity contribution is -0.355. The van der Waals surface area contributed by atoms with E-state index in [4.69, 9.17) is 5.11 Å². The molecule has 0 aliphatic heterocycles. The fraction of sp³-hybridized carbons (Fsp3) is 0. The maximum absolute atomic E-state index is 11.8. The zero-order valence-electron chi connectivity index (χ0n) is 8.95. The summed E-state index contributed by atoms with van der Waals surface area (Å²) >= 11 is 0. The molecule has 4 nitrogen and oxygen atoms in total. The van der Waals surface area contributed by atoms with E-state index in [1.54, 1.807) is 12.1 Å². The van der Waals surface area contributed by atoms with Crippen LogP contribution in [0.1, 0.15) is 5.56 Å². The Bertz CT molecular complexity index is 550. The van der Waals surface area contributed by atoms with E-state index < -0.39 is 0 Å². The molecule has 4 heteroatoms. The Hall–Kier alpha value is -2.49. The molecule has 86 valence electrons. The number of benzene rings is 2. The van der Waals surface area contributed by atoms with Crippen molar-refractivity contribution in [3.63, 3.8) is 0 Å². The number of nitrogens with zero attached hydrogens (tertiary/aromatic N) is 1. The monoisotopic (exact) mass is 229 g/mol. The number of hydrogen-bond donors (Lipinski definition) is 2. The van der Waals surface area contributed by atoms with Crippen LogP contribution in [0.4, 0.5) is 5.69 Å². The Morgan fingerprint density at radius 3 is 2.35 bits per heavy atom. The van der Waals surface area contributed by atoms with Crippen LogP contribution in [0.2, 0.25) is 0 Å². The lowest BCUT2D eigenvalue weighted by Crippen LogP contribution is -1.98. The Morgan fingerprint density at radius 1 is 1.00 bits per heavy atom. The highest BCUT2D eigenvalue weighted by Crippen LogP contribution is 2.28. The average molecular weight is 229 g/mol. The number of phenolic OH excluding ortho intramolecular Hbond substituents is 2. The van der Waals surface area contributed by atoms with Crippen molar-refractivity contribution >= 4 is 11.9 Å². The second kappa shape index (κ2) is 4.57. The van der Waals surface area contributed by atoms with Gasteiger partial charge >= 0.3 is 0 Å². The van der Waals surface area contributed by atoms with E-state index in [0.717, 1.165) is 11.6 Å². The van der Waals surface area contributed by atoms with Gasteiger partial charge in [-0.25, -0.2) is 0 Å². The van der Waals surface area contributed by atoms with Crippen molar-refractivity contribution in [2.24, 2.45) is 0 Å². The standard InChI is InChI=1S/C13H11NO3/c15-11-6-7-12(13(16)8-11)14(17)9-10-4-2-1-3-5-10/h1-9,15-16H. The molecule has 17 heavy (non-hydrogen) atoms. The third kappa shape index (κ3) is 2.55. The highest BCUT2D eigenvalue weighted by Gasteiger charge is 2.09. The lowest BCUT2D eigenvalue weighted by Gasteiger charge is -2.05. The van der Waals surface area contributed by atoms with Crippen molar-refractivity contribution in [2.45, 2.75) is 0 Å². The van der Waals surface area contributed by atoms with E-state index >= 15 is 0 Å². The van der Waals surface area contributed by atoms with Crippen LogP contribution in [0.25, 0.3) is 0 Å². The molecular formula is C13H11NO3. The molecule has 0 aromatic heterocycles. The van der Waals surface area contributed by atoms with Gasteiger partial charge < -0.3 is 15.4 Å². The molecule has 0 radical (unpaired) electrons. The van der Waals surface area contributed by atoms with Crippen molar-refractivity contribution < 1.29 is 15.0 Å². The van der Waals surface area contributed by atoms with Crippen LogP contribution in [0.5, 0.6) is 11.5 Å². The van der Waals surface area contributed by atoms with Gasteiger partial charge in [-0.3, -0.25) is 0 Å². The summed E-state index contributed by atoms with van der Waals surface area (Å²) in [5.74, 6) is -0.341. The van der Waals surface area contributed by atoms with Gasteiger partial charge in [0.2, 0.25) is 0 Å². The first-order valence-electron chi connectivity index (χ1n) is 5.05. The molecule has 2 rings (SSSR count). The normalized spacial score (nSPS) is 11.4. The third-order valence-electron chi connectivity index (χ3n) is 2.26. The Morgan fingerprint density at radius 2 is 1.71 bits per heavy atom. The third-order valence-corrected chi connectivity index (χ3v) is 2.26. The number of aromatic hydroxyl groups is 2. The molecule has 0 unspecified atom stereocenters. The lowest BCUT2D eigenvalue weighted by atomic mass is 10.2. The van der Waals surface area contributed by atoms with E-state index in [2.05, 4.69) is 0 Å². The molecule has 0 heterocycles. The summed E-state index contributed by atoms with van der Waals surface area (Å²) in [6, 6.07) is 12.9. The first-order chi connectivity index (χ1) is 8.16. The van der Waals surface area contributed by atoms with Gasteiger partial charge in [0.15, 0.2) is 12.0 Å².